The molecule has 1 atom stereocenters. The Labute approximate surface area is 271 Å². The van der Waals surface area contributed by atoms with Gasteiger partial charge in [0.05, 0.1) is 48.1 Å². The third kappa shape index (κ3) is 5.26. The lowest BCUT2D eigenvalue weighted by Crippen LogP contribution is -2.51. The van der Waals surface area contributed by atoms with Gasteiger partial charge in [-0.05, 0) is 112 Å². The number of hydrogen-bond acceptors (Lipinski definition) is 9. The number of esters is 2. The number of thiazole rings is 1. The lowest BCUT2D eigenvalue weighted by molar-refractivity contribution is -0.161. The Morgan fingerprint density at radius 1 is 0.978 bits per heavy atom. The molecule has 240 valence electrons. The van der Waals surface area contributed by atoms with E-state index in [1.807, 2.05) is 18.2 Å². The minimum atomic E-state index is -0.718. The van der Waals surface area contributed by atoms with Crippen LogP contribution in [0.4, 0.5) is 0 Å². The van der Waals surface area contributed by atoms with Crippen LogP contribution < -0.4 is 29.1 Å². The third-order valence-corrected chi connectivity index (χ3v) is 11.1. The van der Waals surface area contributed by atoms with Gasteiger partial charge in [-0.1, -0.05) is 29.5 Å². The normalized spacial score (nSPS) is 26.4. The molecule has 0 unspecified atom stereocenters. The summed E-state index contributed by atoms with van der Waals surface area (Å²) in [6, 6.07) is 11.9. The van der Waals surface area contributed by atoms with Crippen LogP contribution >= 0.6 is 11.3 Å². The number of methoxy groups -OCH3 is 2. The number of fused-ring (bicyclic) bond motifs is 1. The first-order valence-electron chi connectivity index (χ1n) is 16.0. The highest BCUT2D eigenvalue weighted by atomic mass is 32.1. The van der Waals surface area contributed by atoms with E-state index in [2.05, 4.69) is 4.99 Å². The van der Waals surface area contributed by atoms with Crippen molar-refractivity contribution in [2.45, 2.75) is 58.4 Å². The molecule has 4 fully saturated rings. The Balaban J connectivity index is 1.22. The largest absolute Gasteiger partial charge is 0.497 e. The highest BCUT2D eigenvalue weighted by molar-refractivity contribution is 7.07. The van der Waals surface area contributed by atoms with Gasteiger partial charge in [-0.25, -0.2) is 9.79 Å². The molecule has 0 N–H and O–H groups in total. The van der Waals surface area contributed by atoms with Crippen LogP contribution in [0.15, 0.2) is 63.5 Å². The fourth-order valence-electron chi connectivity index (χ4n) is 8.47. The minimum Gasteiger partial charge on any atom is -0.497 e. The average Bonchev–Trinajstić information content (AvgIpc) is 3.34. The number of rotatable bonds is 8. The van der Waals surface area contributed by atoms with Crippen molar-refractivity contribution < 1.29 is 28.5 Å². The van der Waals surface area contributed by atoms with Crippen molar-refractivity contribution in [2.75, 3.05) is 20.8 Å². The molecule has 10 heteroatoms. The molecule has 4 aliphatic carbocycles. The summed E-state index contributed by atoms with van der Waals surface area (Å²) in [6.07, 6.45) is 8.29. The quantitative estimate of drug-likeness (QED) is 0.253. The Kier molecular flexibility index (Phi) is 7.87. The fourth-order valence-corrected chi connectivity index (χ4v) is 9.52. The van der Waals surface area contributed by atoms with Gasteiger partial charge >= 0.3 is 11.9 Å². The van der Waals surface area contributed by atoms with Crippen LogP contribution in [0.2, 0.25) is 0 Å². The molecule has 2 aromatic carbocycles. The molecular formula is C36H38N2O7S. The van der Waals surface area contributed by atoms with E-state index >= 15 is 0 Å². The first-order valence-corrected chi connectivity index (χ1v) is 16.8. The second-order valence-electron chi connectivity index (χ2n) is 13.1. The Bertz CT molecular complexity index is 1880. The molecule has 2 heterocycles. The molecule has 9 nitrogen and oxygen atoms in total. The van der Waals surface area contributed by atoms with Crippen LogP contribution in [-0.2, 0) is 14.3 Å². The number of carbonyl (C=O) groups excluding carboxylic acids is 2. The second-order valence-corrected chi connectivity index (χ2v) is 14.1. The van der Waals surface area contributed by atoms with Crippen molar-refractivity contribution in [3.05, 3.63) is 84.5 Å². The van der Waals surface area contributed by atoms with Gasteiger partial charge in [0.15, 0.2) is 16.3 Å². The van der Waals surface area contributed by atoms with Crippen LogP contribution in [0.1, 0.15) is 69.5 Å². The van der Waals surface area contributed by atoms with E-state index in [-0.39, 0.29) is 23.6 Å². The zero-order valence-electron chi connectivity index (χ0n) is 26.5. The molecule has 1 aliphatic heterocycles. The first-order chi connectivity index (χ1) is 22.2. The smallest absolute Gasteiger partial charge is 0.338 e. The maximum atomic E-state index is 14.0. The molecule has 0 saturated heterocycles. The summed E-state index contributed by atoms with van der Waals surface area (Å²) in [7, 11) is 3.13. The maximum absolute atomic E-state index is 14.0. The van der Waals surface area contributed by atoms with Crippen LogP contribution in [0.3, 0.4) is 0 Å². The number of nitrogens with zero attached hydrogens (tertiary/aromatic N) is 2. The predicted molar refractivity (Wildman–Crippen MR) is 173 cm³/mol. The summed E-state index contributed by atoms with van der Waals surface area (Å²) < 4.78 is 24.4. The molecule has 46 heavy (non-hydrogen) atoms. The maximum Gasteiger partial charge on any atom is 0.338 e. The number of benzene rings is 2. The SMILES string of the molecule is CCOC(=O)C1=C(C)N=c2s/c(=C/c3ccc(OC(=O)C45CC6CC(CC(C6)C4)C5)c(OC)c3)c(=O)n2[C@H]1c1ccc(OC)cc1. The second kappa shape index (κ2) is 11.9. The molecule has 4 bridgehead atoms. The van der Waals surface area contributed by atoms with Gasteiger partial charge in [0.1, 0.15) is 5.75 Å². The van der Waals surface area contributed by atoms with Gasteiger partial charge < -0.3 is 18.9 Å². The van der Waals surface area contributed by atoms with Crippen molar-refractivity contribution in [1.82, 2.24) is 4.57 Å². The number of carbonyl (C=O) groups is 2. The van der Waals surface area contributed by atoms with Crippen molar-refractivity contribution >= 4 is 29.4 Å². The van der Waals surface area contributed by atoms with Gasteiger partial charge in [-0.15, -0.1) is 0 Å². The zero-order valence-corrected chi connectivity index (χ0v) is 27.4. The number of aromatic nitrogens is 1. The summed E-state index contributed by atoms with van der Waals surface area (Å²) in [5, 5.41) is 0. The summed E-state index contributed by atoms with van der Waals surface area (Å²) in [5.41, 5.74) is 1.59. The highest BCUT2D eigenvalue weighted by Gasteiger charge is 2.55. The number of allylic oxidation sites excluding steroid dienone is 1. The van der Waals surface area contributed by atoms with Gasteiger partial charge in [0.2, 0.25) is 0 Å². The molecular weight excluding hydrogens is 604 g/mol. The minimum absolute atomic E-state index is 0.141. The van der Waals surface area contributed by atoms with E-state index in [0.29, 0.717) is 61.2 Å². The van der Waals surface area contributed by atoms with Crippen molar-refractivity contribution in [3.63, 3.8) is 0 Å². The van der Waals surface area contributed by atoms with Crippen molar-refractivity contribution in [3.8, 4) is 17.2 Å². The van der Waals surface area contributed by atoms with E-state index in [0.717, 1.165) is 24.8 Å². The molecule has 0 spiro atoms. The van der Waals surface area contributed by atoms with E-state index in [1.54, 1.807) is 63.0 Å². The molecule has 8 rings (SSSR count). The van der Waals surface area contributed by atoms with Crippen molar-refractivity contribution in [2.24, 2.45) is 28.2 Å². The lowest BCUT2D eigenvalue weighted by atomic mass is 9.49. The standard InChI is InChI=1S/C36H38N2O7S/c1-5-44-33(40)30-20(2)37-35-38(31(30)25-7-9-26(42-3)10-8-25)32(39)29(46-35)16-21-6-11-27(28(15-21)43-4)45-34(41)36-17-22-12-23(18-36)14-24(13-22)19-36/h6-11,15-16,22-24,31H,5,12-14,17-19H2,1-4H3/b29-16+/t22?,23?,24?,31-,36?/m0/s1. The summed E-state index contributed by atoms with van der Waals surface area (Å²) in [5.74, 6) is 2.73. The fraction of sp³-hybridized carbons (Fsp3) is 0.444. The van der Waals surface area contributed by atoms with Crippen LogP contribution in [0, 0.1) is 23.2 Å². The van der Waals surface area contributed by atoms with E-state index < -0.39 is 12.0 Å². The Morgan fingerprint density at radius 3 is 2.26 bits per heavy atom. The molecule has 4 saturated carbocycles. The lowest BCUT2D eigenvalue weighted by Gasteiger charge is -2.55. The highest BCUT2D eigenvalue weighted by Crippen LogP contribution is 2.60. The third-order valence-electron chi connectivity index (χ3n) is 10.1. The van der Waals surface area contributed by atoms with Gasteiger partial charge in [0, 0.05) is 0 Å². The molecule has 0 radical (unpaired) electrons. The number of ether oxygens (including phenoxy) is 4. The predicted octanol–water partition coefficient (Wildman–Crippen LogP) is 4.94. The Morgan fingerprint density at radius 2 is 1.65 bits per heavy atom. The zero-order chi connectivity index (χ0) is 32.2. The van der Waals surface area contributed by atoms with E-state index in [9.17, 15) is 14.4 Å². The average molecular weight is 643 g/mol. The van der Waals surface area contributed by atoms with E-state index in [1.165, 1.54) is 30.6 Å². The molecule has 0 amide bonds. The van der Waals surface area contributed by atoms with Crippen LogP contribution in [0.5, 0.6) is 17.2 Å². The topological polar surface area (TPSA) is 105 Å². The van der Waals surface area contributed by atoms with E-state index in [4.69, 9.17) is 18.9 Å². The monoisotopic (exact) mass is 642 g/mol. The first kappa shape index (κ1) is 30.5. The summed E-state index contributed by atoms with van der Waals surface area (Å²) >= 11 is 1.25. The Hall–Kier alpha value is -4.18. The van der Waals surface area contributed by atoms with Crippen LogP contribution in [0.25, 0.3) is 6.08 Å². The number of hydrogen-bond donors (Lipinski definition) is 0. The molecule has 5 aliphatic rings. The van der Waals surface area contributed by atoms with Gasteiger partial charge in [-0.3, -0.25) is 14.2 Å². The summed E-state index contributed by atoms with van der Waals surface area (Å²) in [6.45, 7) is 3.70. The summed E-state index contributed by atoms with van der Waals surface area (Å²) in [4.78, 5) is 45.9. The van der Waals surface area contributed by atoms with Crippen molar-refractivity contribution in [1.29, 1.82) is 0 Å². The van der Waals surface area contributed by atoms with Crippen LogP contribution in [-0.4, -0.2) is 37.3 Å². The van der Waals surface area contributed by atoms with Gasteiger partial charge in [-0.2, -0.15) is 0 Å². The molecule has 1 aromatic heterocycles. The van der Waals surface area contributed by atoms with Gasteiger partial charge in [0.25, 0.3) is 5.56 Å². The molecule has 3 aromatic rings.